The van der Waals surface area contributed by atoms with Gasteiger partial charge in [0.1, 0.15) is 5.82 Å². The standard InChI is InChI=1S/C8H14N4O/c1-8(2,3)7-10-5(11-12-7)6(13)9-4/h1-4H3,(H,9,13)(H,10,11,12). The minimum atomic E-state index is -0.247. The highest BCUT2D eigenvalue weighted by Gasteiger charge is 2.20. The van der Waals surface area contributed by atoms with E-state index in [1.54, 1.807) is 7.05 Å². The van der Waals surface area contributed by atoms with Crippen molar-refractivity contribution in [3.63, 3.8) is 0 Å². The number of nitrogens with zero attached hydrogens (tertiary/aromatic N) is 2. The fourth-order valence-electron chi connectivity index (χ4n) is 0.820. The van der Waals surface area contributed by atoms with Gasteiger partial charge < -0.3 is 10.3 Å². The van der Waals surface area contributed by atoms with Crippen LogP contribution >= 0.6 is 0 Å². The molecule has 1 aromatic heterocycles. The van der Waals surface area contributed by atoms with E-state index >= 15 is 0 Å². The Balaban J connectivity index is 2.93. The van der Waals surface area contributed by atoms with E-state index in [4.69, 9.17) is 0 Å². The van der Waals surface area contributed by atoms with Crippen molar-refractivity contribution >= 4 is 5.91 Å². The van der Waals surface area contributed by atoms with E-state index in [9.17, 15) is 4.79 Å². The van der Waals surface area contributed by atoms with Crippen LogP contribution in [-0.2, 0) is 5.41 Å². The maximum absolute atomic E-state index is 11.1. The van der Waals surface area contributed by atoms with Gasteiger partial charge >= 0.3 is 0 Å². The fourth-order valence-corrected chi connectivity index (χ4v) is 0.820. The largest absolute Gasteiger partial charge is 0.352 e. The highest BCUT2D eigenvalue weighted by Crippen LogP contribution is 2.16. The zero-order valence-corrected chi connectivity index (χ0v) is 8.30. The van der Waals surface area contributed by atoms with Gasteiger partial charge in [-0.05, 0) is 0 Å². The zero-order chi connectivity index (χ0) is 10.1. The number of amides is 1. The van der Waals surface area contributed by atoms with E-state index in [0.717, 1.165) is 0 Å². The minimum absolute atomic E-state index is 0.112. The molecule has 1 aromatic rings. The van der Waals surface area contributed by atoms with Crippen LogP contribution in [0.15, 0.2) is 0 Å². The molecule has 5 nitrogen and oxygen atoms in total. The first kappa shape index (κ1) is 9.70. The molecule has 0 unspecified atom stereocenters. The number of rotatable bonds is 1. The number of carbonyl (C=O) groups excluding carboxylic acids is 1. The monoisotopic (exact) mass is 182 g/mol. The van der Waals surface area contributed by atoms with Gasteiger partial charge in [-0.25, -0.2) is 0 Å². The smallest absolute Gasteiger partial charge is 0.288 e. The van der Waals surface area contributed by atoms with Crippen molar-refractivity contribution in [2.45, 2.75) is 26.2 Å². The lowest BCUT2D eigenvalue weighted by Crippen LogP contribution is -2.20. The molecule has 0 aliphatic rings. The molecule has 0 bridgehead atoms. The predicted octanol–water partition coefficient (Wildman–Crippen LogP) is 0.462. The van der Waals surface area contributed by atoms with Gasteiger partial charge in [0.2, 0.25) is 5.82 Å². The van der Waals surface area contributed by atoms with Crippen molar-refractivity contribution in [2.24, 2.45) is 0 Å². The van der Waals surface area contributed by atoms with Gasteiger partial charge in [0.25, 0.3) is 5.91 Å². The van der Waals surface area contributed by atoms with E-state index < -0.39 is 0 Å². The van der Waals surface area contributed by atoms with Gasteiger partial charge in [-0.15, -0.1) is 10.2 Å². The molecule has 1 heterocycles. The summed E-state index contributed by atoms with van der Waals surface area (Å²) in [6.07, 6.45) is 0. The first-order valence-electron chi connectivity index (χ1n) is 4.10. The molecule has 0 saturated carbocycles. The van der Waals surface area contributed by atoms with E-state index in [1.165, 1.54) is 0 Å². The first-order valence-corrected chi connectivity index (χ1v) is 4.10. The summed E-state index contributed by atoms with van der Waals surface area (Å²) in [5, 5.41) is 10.1. The van der Waals surface area contributed by atoms with Crippen LogP contribution < -0.4 is 5.32 Å². The molecular weight excluding hydrogens is 168 g/mol. The predicted molar refractivity (Wildman–Crippen MR) is 48.5 cm³/mol. The molecular formula is C8H14N4O. The minimum Gasteiger partial charge on any atom is -0.352 e. The topological polar surface area (TPSA) is 70.7 Å². The van der Waals surface area contributed by atoms with Gasteiger partial charge in [0, 0.05) is 12.5 Å². The van der Waals surface area contributed by atoms with Crippen molar-refractivity contribution in [3.05, 3.63) is 11.6 Å². The Hall–Kier alpha value is -1.39. The SMILES string of the molecule is CNC(=O)c1nnc(C(C)(C)C)[nH]1. The normalized spacial score (nSPS) is 11.4. The van der Waals surface area contributed by atoms with Gasteiger partial charge in [-0.2, -0.15) is 0 Å². The summed E-state index contributed by atoms with van der Waals surface area (Å²) in [5.74, 6) is 0.724. The van der Waals surface area contributed by atoms with Crippen molar-refractivity contribution in [1.29, 1.82) is 0 Å². The van der Waals surface area contributed by atoms with Gasteiger partial charge in [-0.1, -0.05) is 20.8 Å². The maximum atomic E-state index is 11.1. The van der Waals surface area contributed by atoms with Gasteiger partial charge in [0.05, 0.1) is 0 Å². The molecule has 1 amide bonds. The lowest BCUT2D eigenvalue weighted by atomic mass is 9.96. The van der Waals surface area contributed by atoms with Crippen molar-refractivity contribution in [1.82, 2.24) is 20.5 Å². The van der Waals surface area contributed by atoms with E-state index in [-0.39, 0.29) is 17.1 Å². The summed E-state index contributed by atoms with van der Waals surface area (Å²) in [6.45, 7) is 6.00. The van der Waals surface area contributed by atoms with Crippen LogP contribution in [0, 0.1) is 0 Å². The maximum Gasteiger partial charge on any atom is 0.288 e. The Kier molecular flexibility index (Phi) is 2.36. The molecule has 0 fully saturated rings. The molecule has 0 saturated heterocycles. The lowest BCUT2D eigenvalue weighted by molar-refractivity contribution is 0.0953. The average Bonchev–Trinajstić information content (AvgIpc) is 2.50. The van der Waals surface area contributed by atoms with E-state index in [1.807, 2.05) is 20.8 Å². The number of carbonyl (C=O) groups is 1. The van der Waals surface area contributed by atoms with Crippen LogP contribution in [0.5, 0.6) is 0 Å². The molecule has 2 N–H and O–H groups in total. The molecule has 0 aliphatic carbocycles. The van der Waals surface area contributed by atoms with Crippen molar-refractivity contribution < 1.29 is 4.79 Å². The van der Waals surface area contributed by atoms with Crippen LogP contribution in [0.2, 0.25) is 0 Å². The van der Waals surface area contributed by atoms with E-state index in [0.29, 0.717) is 5.82 Å². The number of nitrogens with one attached hydrogen (secondary N) is 2. The number of H-pyrrole nitrogens is 1. The first-order chi connectivity index (χ1) is 5.95. The summed E-state index contributed by atoms with van der Waals surface area (Å²) >= 11 is 0. The zero-order valence-electron chi connectivity index (χ0n) is 8.30. The fraction of sp³-hybridized carbons (Fsp3) is 0.625. The molecule has 0 aromatic carbocycles. The summed E-state index contributed by atoms with van der Waals surface area (Å²) in [4.78, 5) is 14.0. The second-order valence-electron chi connectivity index (χ2n) is 3.85. The lowest BCUT2D eigenvalue weighted by Gasteiger charge is -2.12. The highest BCUT2D eigenvalue weighted by molar-refractivity contribution is 5.90. The van der Waals surface area contributed by atoms with Gasteiger partial charge in [0.15, 0.2) is 0 Å². The van der Waals surface area contributed by atoms with Crippen LogP contribution in [0.1, 0.15) is 37.2 Å². The summed E-state index contributed by atoms with van der Waals surface area (Å²) in [5.41, 5.74) is -0.112. The Morgan fingerprint density at radius 2 is 2.00 bits per heavy atom. The molecule has 0 radical (unpaired) electrons. The Morgan fingerprint density at radius 3 is 2.38 bits per heavy atom. The van der Waals surface area contributed by atoms with Crippen LogP contribution in [0.4, 0.5) is 0 Å². The third kappa shape index (κ3) is 2.05. The van der Waals surface area contributed by atoms with Crippen molar-refractivity contribution in [3.8, 4) is 0 Å². The van der Waals surface area contributed by atoms with Crippen LogP contribution in [0.3, 0.4) is 0 Å². The molecule has 5 heteroatoms. The van der Waals surface area contributed by atoms with E-state index in [2.05, 4.69) is 20.5 Å². The quantitative estimate of drug-likeness (QED) is 0.663. The summed E-state index contributed by atoms with van der Waals surface area (Å²) in [7, 11) is 1.56. The van der Waals surface area contributed by atoms with Gasteiger partial charge in [-0.3, -0.25) is 4.79 Å². The Bertz CT molecular complexity index is 310. The number of aromatic nitrogens is 3. The number of hydrogen-bond donors (Lipinski definition) is 2. The number of aromatic amines is 1. The van der Waals surface area contributed by atoms with Crippen molar-refractivity contribution in [2.75, 3.05) is 7.05 Å². The molecule has 0 aliphatic heterocycles. The average molecular weight is 182 g/mol. The molecule has 1 rings (SSSR count). The third-order valence-corrected chi connectivity index (χ3v) is 1.64. The second-order valence-corrected chi connectivity index (χ2v) is 3.85. The van der Waals surface area contributed by atoms with Crippen LogP contribution in [-0.4, -0.2) is 28.1 Å². The molecule has 72 valence electrons. The molecule has 0 spiro atoms. The number of hydrogen-bond acceptors (Lipinski definition) is 3. The third-order valence-electron chi connectivity index (χ3n) is 1.64. The summed E-state index contributed by atoms with van der Waals surface area (Å²) < 4.78 is 0. The highest BCUT2D eigenvalue weighted by atomic mass is 16.2. The Labute approximate surface area is 76.9 Å². The molecule has 13 heavy (non-hydrogen) atoms. The molecule has 0 atom stereocenters. The summed E-state index contributed by atoms with van der Waals surface area (Å²) in [6, 6.07) is 0. The Morgan fingerprint density at radius 1 is 1.38 bits per heavy atom. The second kappa shape index (κ2) is 3.16. The van der Waals surface area contributed by atoms with Crippen LogP contribution in [0.25, 0.3) is 0 Å².